The molecule has 3 aromatic carbocycles. The third-order valence-electron chi connectivity index (χ3n) is 5.61. The molecule has 0 amide bonds. The summed E-state index contributed by atoms with van der Waals surface area (Å²) in [7, 11) is 5.00. The molecule has 1 heterocycles. The zero-order valence-corrected chi connectivity index (χ0v) is 18.8. The van der Waals surface area contributed by atoms with Gasteiger partial charge in [-0.25, -0.2) is 0 Å². The molecular formula is C27H29NO4. The van der Waals surface area contributed by atoms with Crippen LogP contribution in [0.15, 0.2) is 66.7 Å². The van der Waals surface area contributed by atoms with E-state index < -0.39 is 0 Å². The third kappa shape index (κ3) is 5.06. The van der Waals surface area contributed by atoms with E-state index in [4.69, 9.17) is 18.9 Å². The Morgan fingerprint density at radius 1 is 0.875 bits per heavy atom. The maximum absolute atomic E-state index is 6.10. The Morgan fingerprint density at radius 3 is 2.31 bits per heavy atom. The van der Waals surface area contributed by atoms with Crippen molar-refractivity contribution >= 4 is 6.08 Å². The minimum absolute atomic E-state index is 0.0769. The third-order valence-corrected chi connectivity index (χ3v) is 5.61. The van der Waals surface area contributed by atoms with Gasteiger partial charge >= 0.3 is 0 Å². The van der Waals surface area contributed by atoms with E-state index in [0.29, 0.717) is 6.61 Å². The zero-order chi connectivity index (χ0) is 22.3. The number of rotatable bonds is 8. The van der Waals surface area contributed by atoms with Crippen LogP contribution in [0.4, 0.5) is 0 Å². The van der Waals surface area contributed by atoms with Crippen LogP contribution in [0.25, 0.3) is 6.08 Å². The SMILES string of the molecule is COc1cc(C=CC2NCCc3cc(OCc4ccccc4)c(OC)cc32)cc(OC)c1. The molecule has 1 unspecified atom stereocenters. The molecule has 3 aromatic rings. The lowest BCUT2D eigenvalue weighted by atomic mass is 9.93. The summed E-state index contributed by atoms with van der Waals surface area (Å²) in [6.07, 6.45) is 5.19. The summed E-state index contributed by atoms with van der Waals surface area (Å²) >= 11 is 0. The molecule has 1 N–H and O–H groups in total. The highest BCUT2D eigenvalue weighted by molar-refractivity contribution is 5.58. The van der Waals surface area contributed by atoms with Gasteiger partial charge in [-0.1, -0.05) is 42.5 Å². The van der Waals surface area contributed by atoms with Gasteiger partial charge < -0.3 is 24.3 Å². The predicted octanol–water partition coefficient (Wildman–Crippen LogP) is 5.19. The number of fused-ring (bicyclic) bond motifs is 1. The summed E-state index contributed by atoms with van der Waals surface area (Å²) in [5.41, 5.74) is 4.62. The average molecular weight is 432 g/mol. The van der Waals surface area contributed by atoms with E-state index in [-0.39, 0.29) is 6.04 Å². The van der Waals surface area contributed by atoms with E-state index in [0.717, 1.165) is 47.1 Å². The molecule has 0 aromatic heterocycles. The fourth-order valence-electron chi connectivity index (χ4n) is 3.91. The lowest BCUT2D eigenvalue weighted by Crippen LogP contribution is -2.28. The first-order valence-corrected chi connectivity index (χ1v) is 10.7. The van der Waals surface area contributed by atoms with Crippen LogP contribution in [0.5, 0.6) is 23.0 Å². The minimum Gasteiger partial charge on any atom is -0.497 e. The molecule has 0 saturated heterocycles. The Morgan fingerprint density at radius 2 is 1.62 bits per heavy atom. The number of hydrogen-bond donors (Lipinski definition) is 1. The van der Waals surface area contributed by atoms with Crippen molar-refractivity contribution in [2.45, 2.75) is 19.1 Å². The fraction of sp³-hybridized carbons (Fsp3) is 0.259. The zero-order valence-electron chi connectivity index (χ0n) is 18.8. The van der Waals surface area contributed by atoms with Crippen LogP contribution in [0.2, 0.25) is 0 Å². The van der Waals surface area contributed by atoms with Crippen molar-refractivity contribution in [2.24, 2.45) is 0 Å². The molecule has 166 valence electrons. The van der Waals surface area contributed by atoms with Crippen molar-refractivity contribution in [1.29, 1.82) is 0 Å². The van der Waals surface area contributed by atoms with Crippen LogP contribution < -0.4 is 24.3 Å². The Labute approximate surface area is 189 Å². The van der Waals surface area contributed by atoms with Gasteiger partial charge in [0.1, 0.15) is 18.1 Å². The van der Waals surface area contributed by atoms with Crippen LogP contribution in [0.3, 0.4) is 0 Å². The lowest BCUT2D eigenvalue weighted by Gasteiger charge is -2.26. The molecular weight excluding hydrogens is 402 g/mol. The summed E-state index contributed by atoms with van der Waals surface area (Å²) in [5, 5.41) is 3.59. The van der Waals surface area contributed by atoms with Gasteiger partial charge in [-0.05, 0) is 52.9 Å². The predicted molar refractivity (Wildman–Crippen MR) is 127 cm³/mol. The molecule has 5 heteroatoms. The second-order valence-electron chi connectivity index (χ2n) is 7.66. The number of benzene rings is 3. The Hall–Kier alpha value is -3.44. The normalized spacial score (nSPS) is 15.3. The van der Waals surface area contributed by atoms with Gasteiger partial charge in [-0.3, -0.25) is 0 Å². The highest BCUT2D eigenvalue weighted by Gasteiger charge is 2.21. The summed E-state index contributed by atoms with van der Waals surface area (Å²) < 4.78 is 22.5. The average Bonchev–Trinajstić information content (AvgIpc) is 2.85. The highest BCUT2D eigenvalue weighted by atomic mass is 16.5. The first kappa shape index (κ1) is 21.8. The van der Waals surface area contributed by atoms with Gasteiger partial charge in [0.25, 0.3) is 0 Å². The molecule has 0 fully saturated rings. The van der Waals surface area contributed by atoms with Gasteiger partial charge in [0, 0.05) is 12.6 Å². The van der Waals surface area contributed by atoms with Crippen molar-refractivity contribution in [3.05, 3.63) is 89.0 Å². The number of ether oxygens (including phenoxy) is 4. The van der Waals surface area contributed by atoms with E-state index in [1.807, 2.05) is 36.4 Å². The maximum atomic E-state index is 6.10. The minimum atomic E-state index is 0.0769. The highest BCUT2D eigenvalue weighted by Crippen LogP contribution is 2.36. The summed E-state index contributed by atoms with van der Waals surface area (Å²) in [4.78, 5) is 0. The molecule has 0 saturated carbocycles. The van der Waals surface area contributed by atoms with Crippen molar-refractivity contribution in [3.63, 3.8) is 0 Å². The Balaban J connectivity index is 1.57. The molecule has 32 heavy (non-hydrogen) atoms. The van der Waals surface area contributed by atoms with Crippen LogP contribution in [-0.4, -0.2) is 27.9 Å². The van der Waals surface area contributed by atoms with E-state index in [1.165, 1.54) is 11.1 Å². The molecule has 5 nitrogen and oxygen atoms in total. The largest absolute Gasteiger partial charge is 0.497 e. The molecule has 0 bridgehead atoms. The fourth-order valence-corrected chi connectivity index (χ4v) is 3.91. The van der Waals surface area contributed by atoms with Gasteiger partial charge in [0.15, 0.2) is 11.5 Å². The lowest BCUT2D eigenvalue weighted by molar-refractivity contribution is 0.283. The van der Waals surface area contributed by atoms with Crippen molar-refractivity contribution in [2.75, 3.05) is 27.9 Å². The van der Waals surface area contributed by atoms with Gasteiger partial charge in [-0.2, -0.15) is 0 Å². The van der Waals surface area contributed by atoms with E-state index in [1.54, 1.807) is 21.3 Å². The van der Waals surface area contributed by atoms with Crippen LogP contribution >= 0.6 is 0 Å². The summed E-state index contributed by atoms with van der Waals surface area (Å²) in [6.45, 7) is 1.41. The molecule has 0 radical (unpaired) electrons. The monoisotopic (exact) mass is 431 g/mol. The standard InChI is InChI=1S/C27H29NO4/c1-29-22-13-20(14-23(16-22)30-2)9-10-25-24-17-26(31-3)27(15-21(24)11-12-28-25)32-18-19-7-5-4-6-8-19/h4-10,13-17,25,28H,11-12,18H2,1-3H3. The van der Waals surface area contributed by atoms with E-state index >= 15 is 0 Å². The Kier molecular flexibility index (Phi) is 6.97. The second kappa shape index (κ2) is 10.2. The van der Waals surface area contributed by atoms with Gasteiger partial charge in [0.05, 0.1) is 27.4 Å². The molecule has 0 aliphatic carbocycles. The first-order valence-electron chi connectivity index (χ1n) is 10.7. The maximum Gasteiger partial charge on any atom is 0.161 e. The summed E-state index contributed by atoms with van der Waals surface area (Å²) in [5.74, 6) is 3.05. The molecule has 1 aliphatic rings. The topological polar surface area (TPSA) is 49.0 Å². The van der Waals surface area contributed by atoms with E-state index in [9.17, 15) is 0 Å². The molecule has 1 atom stereocenters. The van der Waals surface area contributed by atoms with E-state index in [2.05, 4.69) is 41.7 Å². The van der Waals surface area contributed by atoms with Crippen LogP contribution in [-0.2, 0) is 13.0 Å². The molecule has 4 rings (SSSR count). The Bertz CT molecular complexity index is 1060. The van der Waals surface area contributed by atoms with Crippen molar-refractivity contribution < 1.29 is 18.9 Å². The molecule has 1 aliphatic heterocycles. The second-order valence-corrected chi connectivity index (χ2v) is 7.66. The molecule has 0 spiro atoms. The number of methoxy groups -OCH3 is 3. The summed E-state index contributed by atoms with van der Waals surface area (Å²) in [6, 6.07) is 20.3. The van der Waals surface area contributed by atoms with Gasteiger partial charge in [0.2, 0.25) is 0 Å². The van der Waals surface area contributed by atoms with Gasteiger partial charge in [-0.15, -0.1) is 0 Å². The van der Waals surface area contributed by atoms with Crippen LogP contribution in [0.1, 0.15) is 28.3 Å². The quantitative estimate of drug-likeness (QED) is 0.532. The van der Waals surface area contributed by atoms with Crippen molar-refractivity contribution in [3.8, 4) is 23.0 Å². The number of nitrogens with one attached hydrogen (secondary N) is 1. The van der Waals surface area contributed by atoms with Crippen molar-refractivity contribution in [1.82, 2.24) is 5.32 Å². The smallest absolute Gasteiger partial charge is 0.161 e. The van der Waals surface area contributed by atoms with Crippen LogP contribution in [0, 0.1) is 0 Å². The first-order chi connectivity index (χ1) is 15.7. The number of hydrogen-bond acceptors (Lipinski definition) is 5.